The summed E-state index contributed by atoms with van der Waals surface area (Å²) in [4.78, 5) is 11.0. The Labute approximate surface area is 72.9 Å². The van der Waals surface area contributed by atoms with Crippen molar-refractivity contribution in [1.82, 2.24) is 0 Å². The van der Waals surface area contributed by atoms with Gasteiger partial charge in [-0.1, -0.05) is 11.6 Å². The van der Waals surface area contributed by atoms with E-state index in [1.807, 2.05) is 0 Å². The van der Waals surface area contributed by atoms with Crippen LogP contribution in [0.25, 0.3) is 0 Å². The van der Waals surface area contributed by atoms with Crippen molar-refractivity contribution in [3.8, 4) is 0 Å². The molecular formula is C8H4ClFO2. The summed E-state index contributed by atoms with van der Waals surface area (Å²) in [5.41, 5.74) is 0.808. The highest BCUT2D eigenvalue weighted by atomic mass is 35.5. The van der Waals surface area contributed by atoms with Crippen molar-refractivity contribution >= 4 is 17.6 Å². The smallest absolute Gasteiger partial charge is 0.340 e. The Hall–Kier alpha value is -1.09. The molecule has 0 saturated carbocycles. The number of carbonyl (C=O) groups is 1. The number of rotatable bonds is 0. The Morgan fingerprint density at radius 1 is 1.50 bits per heavy atom. The lowest BCUT2D eigenvalue weighted by molar-refractivity contribution is 0.0535. The second kappa shape index (κ2) is 2.45. The van der Waals surface area contributed by atoms with Gasteiger partial charge in [0.2, 0.25) is 0 Å². The zero-order chi connectivity index (χ0) is 8.72. The topological polar surface area (TPSA) is 26.3 Å². The maximum Gasteiger partial charge on any atom is 0.340 e. The van der Waals surface area contributed by atoms with Gasteiger partial charge >= 0.3 is 5.97 Å². The number of esters is 1. The van der Waals surface area contributed by atoms with Crippen molar-refractivity contribution in [2.45, 2.75) is 6.61 Å². The lowest BCUT2D eigenvalue weighted by Gasteiger charge is -1.96. The van der Waals surface area contributed by atoms with Crippen molar-refractivity contribution in [2.24, 2.45) is 0 Å². The number of benzene rings is 1. The summed E-state index contributed by atoms with van der Waals surface area (Å²) in [5, 5.41) is 0.118. The van der Waals surface area contributed by atoms with Crippen LogP contribution in [-0.2, 0) is 11.3 Å². The molecule has 2 nitrogen and oxygen atoms in total. The predicted octanol–water partition coefficient (Wildman–Crippen LogP) is 2.15. The molecule has 0 bridgehead atoms. The van der Waals surface area contributed by atoms with Gasteiger partial charge in [-0.3, -0.25) is 0 Å². The molecule has 1 aromatic rings. The van der Waals surface area contributed by atoms with Crippen LogP contribution in [-0.4, -0.2) is 5.97 Å². The Morgan fingerprint density at radius 3 is 3.00 bits per heavy atom. The minimum atomic E-state index is -0.477. The highest BCUT2D eigenvalue weighted by Crippen LogP contribution is 2.28. The van der Waals surface area contributed by atoms with Gasteiger partial charge < -0.3 is 4.74 Å². The van der Waals surface area contributed by atoms with E-state index in [0.717, 1.165) is 6.07 Å². The van der Waals surface area contributed by atoms with E-state index in [4.69, 9.17) is 11.6 Å². The van der Waals surface area contributed by atoms with Crippen molar-refractivity contribution < 1.29 is 13.9 Å². The fourth-order valence-electron chi connectivity index (χ4n) is 1.18. The second-order valence-electron chi connectivity index (χ2n) is 2.50. The minimum absolute atomic E-state index is 0.117. The number of ether oxygens (including phenoxy) is 1. The van der Waals surface area contributed by atoms with Crippen LogP contribution in [0.5, 0.6) is 0 Å². The fraction of sp³-hybridized carbons (Fsp3) is 0.125. The first-order chi connectivity index (χ1) is 5.68. The van der Waals surface area contributed by atoms with E-state index in [-0.39, 0.29) is 17.2 Å². The molecule has 0 N–H and O–H groups in total. The van der Waals surface area contributed by atoms with Gasteiger partial charge in [-0.25, -0.2) is 9.18 Å². The maximum atomic E-state index is 12.7. The molecule has 0 radical (unpaired) electrons. The summed E-state index contributed by atoms with van der Waals surface area (Å²) < 4.78 is 17.4. The van der Waals surface area contributed by atoms with E-state index < -0.39 is 11.8 Å². The largest absolute Gasteiger partial charge is 0.457 e. The summed E-state index contributed by atoms with van der Waals surface area (Å²) in [6.07, 6.45) is 0. The molecular weight excluding hydrogens is 183 g/mol. The molecule has 1 heterocycles. The molecule has 0 fully saturated rings. The molecule has 1 aromatic carbocycles. The SMILES string of the molecule is O=C1OCc2cc(F)cc(Cl)c21. The number of cyclic esters (lactones) is 1. The highest BCUT2D eigenvalue weighted by molar-refractivity contribution is 6.34. The number of halogens is 2. The van der Waals surface area contributed by atoms with Gasteiger partial charge in [0, 0.05) is 5.56 Å². The molecule has 12 heavy (non-hydrogen) atoms. The first-order valence-corrected chi connectivity index (χ1v) is 3.71. The van der Waals surface area contributed by atoms with Crippen molar-refractivity contribution in [3.05, 3.63) is 34.1 Å². The van der Waals surface area contributed by atoms with Crippen LogP contribution < -0.4 is 0 Å². The molecule has 0 saturated heterocycles. The number of fused-ring (bicyclic) bond motifs is 1. The summed E-state index contributed by atoms with van der Waals surface area (Å²) in [6, 6.07) is 2.36. The molecule has 0 aliphatic carbocycles. The average Bonchev–Trinajstić information content (AvgIpc) is 2.31. The average molecular weight is 187 g/mol. The number of hydrogen-bond donors (Lipinski definition) is 0. The fourth-order valence-corrected chi connectivity index (χ4v) is 1.49. The molecule has 0 atom stereocenters. The van der Waals surface area contributed by atoms with Crippen molar-refractivity contribution in [3.63, 3.8) is 0 Å². The van der Waals surface area contributed by atoms with E-state index >= 15 is 0 Å². The lowest BCUT2D eigenvalue weighted by Crippen LogP contribution is -1.95. The van der Waals surface area contributed by atoms with Gasteiger partial charge in [-0.15, -0.1) is 0 Å². The zero-order valence-electron chi connectivity index (χ0n) is 5.93. The molecule has 0 unspecified atom stereocenters. The molecule has 1 aliphatic rings. The molecule has 0 amide bonds. The Balaban J connectivity index is 2.68. The van der Waals surface area contributed by atoms with Gasteiger partial charge in [-0.2, -0.15) is 0 Å². The molecule has 1 aliphatic heterocycles. The van der Waals surface area contributed by atoms with Crippen LogP contribution in [0.4, 0.5) is 4.39 Å². The van der Waals surface area contributed by atoms with Gasteiger partial charge in [-0.05, 0) is 12.1 Å². The van der Waals surface area contributed by atoms with Gasteiger partial charge in [0.25, 0.3) is 0 Å². The molecule has 0 aromatic heterocycles. The standard InChI is InChI=1S/C8H4ClFO2/c9-6-2-5(10)1-4-3-12-8(11)7(4)6/h1-2H,3H2. The van der Waals surface area contributed by atoms with Crippen LogP contribution in [0, 0.1) is 5.82 Å². The van der Waals surface area contributed by atoms with E-state index in [1.54, 1.807) is 0 Å². The Bertz CT molecular complexity index is 362. The molecule has 2 rings (SSSR count). The van der Waals surface area contributed by atoms with E-state index in [0.29, 0.717) is 5.56 Å². The first-order valence-electron chi connectivity index (χ1n) is 3.33. The monoisotopic (exact) mass is 186 g/mol. The van der Waals surface area contributed by atoms with E-state index in [1.165, 1.54) is 6.07 Å². The Kier molecular flexibility index (Phi) is 1.54. The van der Waals surface area contributed by atoms with Crippen LogP contribution in [0.2, 0.25) is 5.02 Å². The van der Waals surface area contributed by atoms with E-state index in [9.17, 15) is 9.18 Å². The van der Waals surface area contributed by atoms with Gasteiger partial charge in [0.1, 0.15) is 12.4 Å². The summed E-state index contributed by atoms with van der Waals surface area (Å²) in [6.45, 7) is 0.117. The normalized spacial score (nSPS) is 14.3. The lowest BCUT2D eigenvalue weighted by atomic mass is 10.1. The summed E-state index contributed by atoms with van der Waals surface area (Å²) in [7, 11) is 0. The van der Waals surface area contributed by atoms with E-state index in [2.05, 4.69) is 4.74 Å². The zero-order valence-corrected chi connectivity index (χ0v) is 6.69. The quantitative estimate of drug-likeness (QED) is 0.581. The van der Waals surface area contributed by atoms with Crippen molar-refractivity contribution in [1.29, 1.82) is 0 Å². The third kappa shape index (κ3) is 0.975. The third-order valence-corrected chi connectivity index (χ3v) is 2.00. The van der Waals surface area contributed by atoms with Crippen LogP contribution >= 0.6 is 11.6 Å². The van der Waals surface area contributed by atoms with Crippen molar-refractivity contribution in [2.75, 3.05) is 0 Å². The van der Waals surface area contributed by atoms with Crippen LogP contribution in [0.15, 0.2) is 12.1 Å². The molecule has 0 spiro atoms. The van der Waals surface area contributed by atoms with Gasteiger partial charge in [0.15, 0.2) is 0 Å². The first kappa shape index (κ1) is 7.55. The van der Waals surface area contributed by atoms with Crippen LogP contribution in [0.3, 0.4) is 0 Å². The van der Waals surface area contributed by atoms with Gasteiger partial charge in [0.05, 0.1) is 10.6 Å². The second-order valence-corrected chi connectivity index (χ2v) is 2.91. The minimum Gasteiger partial charge on any atom is -0.457 e. The Morgan fingerprint density at radius 2 is 2.25 bits per heavy atom. The third-order valence-electron chi connectivity index (χ3n) is 1.70. The number of hydrogen-bond acceptors (Lipinski definition) is 2. The molecule has 62 valence electrons. The summed E-state index contributed by atoms with van der Waals surface area (Å²) >= 11 is 5.63. The maximum absolute atomic E-state index is 12.7. The number of carbonyl (C=O) groups excluding carboxylic acids is 1. The summed E-state index contributed by atoms with van der Waals surface area (Å²) in [5.74, 6) is -0.924. The predicted molar refractivity (Wildman–Crippen MR) is 40.5 cm³/mol. The molecule has 4 heteroatoms. The van der Waals surface area contributed by atoms with Crippen LogP contribution in [0.1, 0.15) is 15.9 Å². The highest BCUT2D eigenvalue weighted by Gasteiger charge is 2.24.